The zero-order valence-electron chi connectivity index (χ0n) is 14.7. The average Bonchev–Trinajstić information content (AvgIpc) is 3.35. The Balaban J connectivity index is 1.43. The van der Waals surface area contributed by atoms with Gasteiger partial charge in [0.2, 0.25) is 0 Å². The summed E-state index contributed by atoms with van der Waals surface area (Å²) in [6, 6.07) is 1.81. The van der Waals surface area contributed by atoms with Crippen LogP contribution in [-0.2, 0) is 6.54 Å². The van der Waals surface area contributed by atoms with Crippen molar-refractivity contribution in [3.63, 3.8) is 0 Å². The molecule has 1 amide bonds. The molecule has 7 nitrogen and oxygen atoms in total. The van der Waals surface area contributed by atoms with E-state index in [2.05, 4.69) is 15.0 Å². The van der Waals surface area contributed by atoms with E-state index in [-0.39, 0.29) is 18.1 Å². The fourth-order valence-electron chi connectivity index (χ4n) is 3.76. The lowest BCUT2D eigenvalue weighted by atomic mass is 10.0. The number of aromatic nitrogens is 2. The number of aliphatic hydroxyl groups excluding tert-OH is 1. The maximum absolute atomic E-state index is 13.0. The van der Waals surface area contributed by atoms with Gasteiger partial charge in [0.15, 0.2) is 11.5 Å². The van der Waals surface area contributed by atoms with E-state index in [9.17, 15) is 9.90 Å². The summed E-state index contributed by atoms with van der Waals surface area (Å²) in [6.07, 6.45) is 6.22. The van der Waals surface area contributed by atoms with Crippen molar-refractivity contribution >= 4 is 17.2 Å². The van der Waals surface area contributed by atoms with E-state index >= 15 is 0 Å². The molecular formula is C18H24N4O3S. The van der Waals surface area contributed by atoms with Gasteiger partial charge in [0.05, 0.1) is 18.7 Å². The first-order valence-corrected chi connectivity index (χ1v) is 10.1. The number of carbonyl (C=O) groups is 1. The standard InChI is InChI=1S/C18H24N4O3S/c23-13-4-8-21(9-5-13)12-14-11-15(20-25-14)18(24)22-7-2-1-3-16(22)17-19-6-10-26-17/h6,10-11,13,16,23H,1-5,7-9,12H2. The molecule has 2 aliphatic heterocycles. The molecule has 0 aromatic carbocycles. The number of hydrogen-bond donors (Lipinski definition) is 1. The summed E-state index contributed by atoms with van der Waals surface area (Å²) in [5.41, 5.74) is 0.375. The van der Waals surface area contributed by atoms with Gasteiger partial charge in [-0.2, -0.15) is 0 Å². The third-order valence-electron chi connectivity index (χ3n) is 5.21. The predicted octanol–water partition coefficient (Wildman–Crippen LogP) is 2.46. The van der Waals surface area contributed by atoms with Gasteiger partial charge in [-0.1, -0.05) is 5.16 Å². The summed E-state index contributed by atoms with van der Waals surface area (Å²) in [7, 11) is 0. The minimum atomic E-state index is -0.194. The number of aliphatic hydroxyl groups is 1. The number of thiazole rings is 1. The molecule has 26 heavy (non-hydrogen) atoms. The molecule has 4 heterocycles. The van der Waals surface area contributed by atoms with Gasteiger partial charge in [-0.05, 0) is 32.1 Å². The molecule has 140 valence electrons. The molecule has 0 aliphatic carbocycles. The highest BCUT2D eigenvalue weighted by Gasteiger charge is 2.32. The summed E-state index contributed by atoms with van der Waals surface area (Å²) >= 11 is 1.60. The Morgan fingerprint density at radius 1 is 1.27 bits per heavy atom. The van der Waals surface area contributed by atoms with Gasteiger partial charge in [0.1, 0.15) is 5.01 Å². The zero-order valence-corrected chi connectivity index (χ0v) is 15.5. The second kappa shape index (κ2) is 7.85. The number of piperidine rings is 2. The number of rotatable bonds is 4. The van der Waals surface area contributed by atoms with Gasteiger partial charge in [-0.25, -0.2) is 4.98 Å². The Hall–Kier alpha value is -1.77. The van der Waals surface area contributed by atoms with Crippen LogP contribution in [0.25, 0.3) is 0 Å². The third-order valence-corrected chi connectivity index (χ3v) is 6.09. The molecule has 2 aromatic heterocycles. The Labute approximate surface area is 156 Å². The molecule has 1 atom stereocenters. The summed E-state index contributed by atoms with van der Waals surface area (Å²) in [6.45, 7) is 3.03. The van der Waals surface area contributed by atoms with Gasteiger partial charge in [0, 0.05) is 37.3 Å². The molecule has 8 heteroatoms. The number of amides is 1. The van der Waals surface area contributed by atoms with Crippen LogP contribution in [0.4, 0.5) is 0 Å². The maximum Gasteiger partial charge on any atom is 0.276 e. The SMILES string of the molecule is O=C(c1cc(CN2CCC(O)CC2)on1)N1CCCCC1c1nccs1. The highest BCUT2D eigenvalue weighted by Crippen LogP contribution is 2.33. The molecule has 0 spiro atoms. The monoisotopic (exact) mass is 376 g/mol. The van der Waals surface area contributed by atoms with Crippen molar-refractivity contribution in [3.05, 3.63) is 34.1 Å². The van der Waals surface area contributed by atoms with E-state index in [1.807, 2.05) is 10.3 Å². The van der Waals surface area contributed by atoms with Gasteiger partial charge >= 0.3 is 0 Å². The first-order valence-electron chi connectivity index (χ1n) is 9.27. The Bertz CT molecular complexity index is 725. The predicted molar refractivity (Wildman–Crippen MR) is 96.8 cm³/mol. The first-order chi connectivity index (χ1) is 12.7. The quantitative estimate of drug-likeness (QED) is 0.883. The normalized spacial score (nSPS) is 22.7. The minimum Gasteiger partial charge on any atom is -0.393 e. The van der Waals surface area contributed by atoms with Crippen LogP contribution < -0.4 is 0 Å². The maximum atomic E-state index is 13.0. The van der Waals surface area contributed by atoms with Crippen molar-refractivity contribution in [3.8, 4) is 0 Å². The zero-order chi connectivity index (χ0) is 17.9. The van der Waals surface area contributed by atoms with Crippen LogP contribution >= 0.6 is 11.3 Å². The van der Waals surface area contributed by atoms with Crippen LogP contribution in [0.5, 0.6) is 0 Å². The summed E-state index contributed by atoms with van der Waals surface area (Å²) in [5, 5.41) is 16.6. The van der Waals surface area contributed by atoms with Crippen LogP contribution in [0, 0.1) is 0 Å². The van der Waals surface area contributed by atoms with E-state index in [0.717, 1.165) is 56.7 Å². The topological polar surface area (TPSA) is 82.7 Å². The molecule has 2 aliphatic rings. The summed E-state index contributed by atoms with van der Waals surface area (Å²) in [5.74, 6) is 0.626. The van der Waals surface area contributed by atoms with E-state index in [4.69, 9.17) is 4.52 Å². The van der Waals surface area contributed by atoms with E-state index in [0.29, 0.717) is 18.0 Å². The fraction of sp³-hybridized carbons (Fsp3) is 0.611. The smallest absolute Gasteiger partial charge is 0.276 e. The van der Waals surface area contributed by atoms with Crippen molar-refractivity contribution in [1.82, 2.24) is 19.9 Å². The molecule has 0 radical (unpaired) electrons. The lowest BCUT2D eigenvalue weighted by molar-refractivity contribution is 0.0599. The van der Waals surface area contributed by atoms with Crippen LogP contribution in [0.1, 0.15) is 59.4 Å². The van der Waals surface area contributed by atoms with Crippen molar-refractivity contribution in [2.75, 3.05) is 19.6 Å². The van der Waals surface area contributed by atoms with Crippen molar-refractivity contribution in [2.24, 2.45) is 0 Å². The van der Waals surface area contributed by atoms with Gasteiger partial charge in [-0.3, -0.25) is 9.69 Å². The van der Waals surface area contributed by atoms with E-state index in [1.165, 1.54) is 0 Å². The number of carbonyl (C=O) groups excluding carboxylic acids is 1. The van der Waals surface area contributed by atoms with Gasteiger partial charge < -0.3 is 14.5 Å². The molecule has 2 saturated heterocycles. The van der Waals surface area contributed by atoms with Crippen LogP contribution in [0.3, 0.4) is 0 Å². The lowest BCUT2D eigenvalue weighted by Gasteiger charge is -2.33. The Morgan fingerprint density at radius 2 is 2.12 bits per heavy atom. The summed E-state index contributed by atoms with van der Waals surface area (Å²) < 4.78 is 5.42. The molecule has 4 rings (SSSR count). The van der Waals surface area contributed by atoms with Crippen molar-refractivity contribution in [2.45, 2.75) is 50.8 Å². The summed E-state index contributed by atoms with van der Waals surface area (Å²) in [4.78, 5) is 21.5. The molecule has 1 N–H and O–H groups in total. The van der Waals surface area contributed by atoms with Crippen molar-refractivity contribution < 1.29 is 14.4 Å². The first kappa shape index (κ1) is 17.6. The second-order valence-electron chi connectivity index (χ2n) is 7.07. The molecule has 2 fully saturated rings. The van der Waals surface area contributed by atoms with Crippen LogP contribution in [0.15, 0.2) is 22.2 Å². The number of likely N-dealkylation sites (tertiary alicyclic amines) is 2. The van der Waals surface area contributed by atoms with E-state index in [1.54, 1.807) is 23.6 Å². The molecule has 0 bridgehead atoms. The number of hydrogen-bond acceptors (Lipinski definition) is 7. The molecule has 2 aromatic rings. The molecule has 0 saturated carbocycles. The van der Waals surface area contributed by atoms with Crippen LogP contribution in [-0.4, -0.2) is 56.7 Å². The fourth-order valence-corrected chi connectivity index (χ4v) is 4.55. The second-order valence-corrected chi connectivity index (χ2v) is 7.99. The number of nitrogens with zero attached hydrogens (tertiary/aromatic N) is 4. The minimum absolute atomic E-state index is 0.0417. The Morgan fingerprint density at radius 3 is 2.88 bits per heavy atom. The van der Waals surface area contributed by atoms with Crippen LogP contribution in [0.2, 0.25) is 0 Å². The molecule has 1 unspecified atom stereocenters. The third kappa shape index (κ3) is 3.82. The average molecular weight is 376 g/mol. The van der Waals surface area contributed by atoms with Crippen molar-refractivity contribution in [1.29, 1.82) is 0 Å². The largest absolute Gasteiger partial charge is 0.393 e. The molecular weight excluding hydrogens is 352 g/mol. The van der Waals surface area contributed by atoms with Gasteiger partial charge in [0.25, 0.3) is 5.91 Å². The Kier molecular flexibility index (Phi) is 5.33. The lowest BCUT2D eigenvalue weighted by Crippen LogP contribution is -2.38. The van der Waals surface area contributed by atoms with E-state index < -0.39 is 0 Å². The highest BCUT2D eigenvalue weighted by molar-refractivity contribution is 7.09. The van der Waals surface area contributed by atoms with Gasteiger partial charge in [-0.15, -0.1) is 11.3 Å². The highest BCUT2D eigenvalue weighted by atomic mass is 32.1.